The third-order valence-electron chi connectivity index (χ3n) is 11.1. The number of carbonyl (C=O) groups excluding carboxylic acids is 6. The Labute approximate surface area is 371 Å². The van der Waals surface area contributed by atoms with E-state index in [4.69, 9.17) is 19.3 Å². The van der Waals surface area contributed by atoms with Gasteiger partial charge in [-0.1, -0.05) is 88.4 Å². The quantitative estimate of drug-likeness (QED) is 0.0440. The van der Waals surface area contributed by atoms with Crippen LogP contribution in [0.3, 0.4) is 0 Å². The van der Waals surface area contributed by atoms with Crippen LogP contribution in [0.15, 0.2) is 60.7 Å². The van der Waals surface area contributed by atoms with Crippen LogP contribution in [-0.2, 0) is 60.6 Å². The van der Waals surface area contributed by atoms with Gasteiger partial charge in [-0.25, -0.2) is 0 Å². The van der Waals surface area contributed by atoms with Crippen LogP contribution in [0.25, 0.3) is 0 Å². The minimum Gasteiger partial charge on any atom is -0.481 e. The van der Waals surface area contributed by atoms with Crippen LogP contribution in [0.1, 0.15) is 90.7 Å². The molecule has 4 N–H and O–H groups in total. The summed E-state index contributed by atoms with van der Waals surface area (Å²) in [5.41, 5.74) is 0.646. The number of carbonyl (C=O) groups is 7. The number of amides is 4. The lowest BCUT2D eigenvalue weighted by Crippen LogP contribution is -2.60. The maximum atomic E-state index is 15.0. The summed E-state index contributed by atoms with van der Waals surface area (Å²) in [6.07, 6.45) is 1.26. The summed E-state index contributed by atoms with van der Waals surface area (Å²) < 4.78 is 16.5. The first-order valence-corrected chi connectivity index (χ1v) is 22.2. The summed E-state index contributed by atoms with van der Waals surface area (Å²) in [4.78, 5) is 98.6. The summed E-state index contributed by atoms with van der Waals surface area (Å²) >= 11 is 0. The number of Topliss-reactive ketones (excluding diaryl/α,β-unsaturated/α-hetero) is 1. The average Bonchev–Trinajstić information content (AvgIpc) is 4.01. The number of epoxide rings is 1. The van der Waals surface area contributed by atoms with E-state index < -0.39 is 72.1 Å². The molecule has 16 heteroatoms. The summed E-state index contributed by atoms with van der Waals surface area (Å²) in [6, 6.07) is 14.0. The number of benzene rings is 2. The van der Waals surface area contributed by atoms with Gasteiger partial charge >= 0.3 is 11.9 Å². The third-order valence-corrected chi connectivity index (χ3v) is 11.1. The van der Waals surface area contributed by atoms with Gasteiger partial charge in [0.05, 0.1) is 32.4 Å². The van der Waals surface area contributed by atoms with Crippen LogP contribution in [0.2, 0.25) is 0 Å². The number of nitrogens with zero attached hydrogens (tertiary/aromatic N) is 2. The van der Waals surface area contributed by atoms with Gasteiger partial charge in [0.2, 0.25) is 23.6 Å². The first-order chi connectivity index (χ1) is 30.0. The fourth-order valence-electron chi connectivity index (χ4n) is 7.43. The molecular weight excluding hydrogens is 811 g/mol. The van der Waals surface area contributed by atoms with E-state index in [0.717, 1.165) is 16.0 Å². The van der Waals surface area contributed by atoms with E-state index in [-0.39, 0.29) is 75.7 Å². The van der Waals surface area contributed by atoms with Crippen LogP contribution in [0.5, 0.6) is 0 Å². The number of esters is 1. The van der Waals surface area contributed by atoms with Gasteiger partial charge in [-0.15, -0.1) is 0 Å². The zero-order valence-corrected chi connectivity index (χ0v) is 37.5. The second kappa shape index (κ2) is 25.2. The molecule has 0 aliphatic carbocycles. The molecule has 2 aliphatic heterocycles. The van der Waals surface area contributed by atoms with Crippen molar-refractivity contribution in [2.45, 2.75) is 122 Å². The van der Waals surface area contributed by atoms with Gasteiger partial charge in [-0.05, 0) is 68.4 Å². The molecule has 63 heavy (non-hydrogen) atoms. The van der Waals surface area contributed by atoms with Crippen molar-refractivity contribution in [2.24, 2.45) is 11.8 Å². The average molecular weight is 878 g/mol. The molecule has 2 heterocycles. The number of aliphatic carboxylic acids is 1. The second-order valence-electron chi connectivity index (χ2n) is 17.6. The fourth-order valence-corrected chi connectivity index (χ4v) is 7.43. The van der Waals surface area contributed by atoms with Crippen LogP contribution >= 0.6 is 0 Å². The molecule has 5 atom stereocenters. The molecule has 2 aliphatic rings. The topological polar surface area (TPSA) is 213 Å². The van der Waals surface area contributed by atoms with Crippen molar-refractivity contribution < 1.29 is 52.9 Å². The van der Waals surface area contributed by atoms with E-state index >= 15 is 4.79 Å². The lowest BCUT2D eigenvalue weighted by atomic mass is 9.93. The van der Waals surface area contributed by atoms with E-state index in [1.165, 1.54) is 0 Å². The molecule has 0 aromatic heterocycles. The van der Waals surface area contributed by atoms with Gasteiger partial charge in [-0.2, -0.15) is 0 Å². The van der Waals surface area contributed by atoms with Crippen molar-refractivity contribution in [2.75, 3.05) is 46.2 Å². The van der Waals surface area contributed by atoms with Gasteiger partial charge < -0.3 is 35.3 Å². The van der Waals surface area contributed by atoms with Gasteiger partial charge in [0, 0.05) is 32.4 Å². The summed E-state index contributed by atoms with van der Waals surface area (Å²) in [5.74, 6) is -4.45. The summed E-state index contributed by atoms with van der Waals surface area (Å²) in [6.45, 7) is 10.9. The number of nitrogens with one attached hydrogen (secondary N) is 3. The molecule has 0 saturated carbocycles. The number of hydrogen-bond acceptors (Lipinski definition) is 11. The van der Waals surface area contributed by atoms with E-state index in [1.807, 2.05) is 93.3 Å². The molecule has 4 rings (SSSR count). The van der Waals surface area contributed by atoms with Crippen LogP contribution in [0.4, 0.5) is 0 Å². The van der Waals surface area contributed by atoms with Gasteiger partial charge in [0.1, 0.15) is 23.7 Å². The smallest absolute Gasteiger partial charge is 0.307 e. The predicted octanol–water partition coefficient (Wildman–Crippen LogP) is 3.44. The van der Waals surface area contributed by atoms with Crippen LogP contribution in [-0.4, -0.2) is 132 Å². The molecule has 0 radical (unpaired) electrons. The molecule has 0 spiro atoms. The highest BCUT2D eigenvalue weighted by molar-refractivity contribution is 5.99. The maximum absolute atomic E-state index is 15.0. The molecule has 5 unspecified atom stereocenters. The molecule has 2 fully saturated rings. The van der Waals surface area contributed by atoms with Gasteiger partial charge in [0.15, 0.2) is 12.5 Å². The lowest BCUT2D eigenvalue weighted by molar-refractivity contribution is -0.160. The molecule has 4 amide bonds. The van der Waals surface area contributed by atoms with E-state index in [9.17, 15) is 28.8 Å². The molecule has 0 bridgehead atoms. The number of ketones is 1. The number of carboxylic acid groups (broad SMARTS) is 1. The highest BCUT2D eigenvalue weighted by Crippen LogP contribution is 2.30. The number of rotatable bonds is 27. The molecule has 2 aromatic rings. The Morgan fingerprint density at radius 3 is 1.95 bits per heavy atom. The normalized spacial score (nSPS) is 18.1. The molecule has 346 valence electrons. The summed E-state index contributed by atoms with van der Waals surface area (Å²) in [5, 5.41) is 17.8. The zero-order chi connectivity index (χ0) is 45.9. The Morgan fingerprint density at radius 2 is 1.37 bits per heavy atom. The monoisotopic (exact) mass is 877 g/mol. The number of aryl methyl sites for hydroxylation is 1. The Balaban J connectivity index is 1.68. The van der Waals surface area contributed by atoms with E-state index in [1.54, 1.807) is 6.92 Å². The lowest BCUT2D eigenvalue weighted by Gasteiger charge is -2.35. The first kappa shape index (κ1) is 50.5. The van der Waals surface area contributed by atoms with Crippen molar-refractivity contribution in [3.63, 3.8) is 0 Å². The second-order valence-corrected chi connectivity index (χ2v) is 17.6. The number of ether oxygens (including phenoxy) is 3. The minimum atomic E-state index is -1.29. The van der Waals surface area contributed by atoms with Crippen molar-refractivity contribution in [3.05, 3.63) is 71.8 Å². The van der Waals surface area contributed by atoms with Gasteiger partial charge in [-0.3, -0.25) is 43.4 Å². The van der Waals surface area contributed by atoms with Crippen molar-refractivity contribution in [1.82, 2.24) is 25.8 Å². The highest BCUT2D eigenvalue weighted by Gasteiger charge is 2.50. The third kappa shape index (κ3) is 17.5. The first-order valence-electron chi connectivity index (χ1n) is 22.2. The standard InChI is InChI=1S/C47H67N5O11/c1-32(2)26-37(43(57)47(5)30-63-47)49-44(58)38(28-35-16-10-7-11-17-35)50-45(59)39(27-33(3)4)52(31-62-42(56)19-13-12-18-41(54)55)46(60)36(21-20-34-14-8-6-9-15-34)48-40(53)29-51-22-24-61-25-23-51/h6-11,14-17,32-33,36-39H,12-13,18-31H2,1-5H3,(H,48,53)(H,49,58)(H,50,59)(H,54,55). The van der Waals surface area contributed by atoms with E-state index in [0.29, 0.717) is 39.1 Å². The SMILES string of the molecule is CC(C)CC(NC(=O)C(Cc1ccccc1)NC(=O)C(CC(C)C)N(COC(=O)CCCCC(=O)O)C(=O)C(CCc1ccccc1)NC(=O)CN1CCOCC1)C(=O)C1(C)CO1. The van der Waals surface area contributed by atoms with Gasteiger partial charge in [0.25, 0.3) is 0 Å². The fraction of sp³-hybridized carbons (Fsp3) is 0.596. The largest absolute Gasteiger partial charge is 0.481 e. The Morgan fingerprint density at radius 1 is 0.778 bits per heavy atom. The maximum Gasteiger partial charge on any atom is 0.307 e. The molecule has 2 aromatic carbocycles. The Bertz CT molecular complexity index is 1820. The molecule has 2 saturated heterocycles. The van der Waals surface area contributed by atoms with Crippen LogP contribution in [0, 0.1) is 11.8 Å². The molecule has 16 nitrogen and oxygen atoms in total. The van der Waals surface area contributed by atoms with E-state index in [2.05, 4.69) is 16.0 Å². The predicted molar refractivity (Wildman–Crippen MR) is 234 cm³/mol. The summed E-state index contributed by atoms with van der Waals surface area (Å²) in [7, 11) is 0. The Kier molecular flexibility index (Phi) is 20.2. The molecular formula is C47H67N5O11. The van der Waals surface area contributed by atoms with Crippen molar-refractivity contribution in [1.29, 1.82) is 0 Å². The highest BCUT2D eigenvalue weighted by atomic mass is 16.6. The van der Waals surface area contributed by atoms with Crippen LogP contribution < -0.4 is 16.0 Å². The number of carboxylic acids is 1. The number of morpholine rings is 1. The van der Waals surface area contributed by atoms with Crippen molar-refractivity contribution >= 4 is 41.4 Å². The Hall–Kier alpha value is -5.19. The minimum absolute atomic E-state index is 0.0155. The van der Waals surface area contributed by atoms with Crippen molar-refractivity contribution in [3.8, 4) is 0 Å². The number of hydrogen-bond donors (Lipinski definition) is 4. The zero-order valence-electron chi connectivity index (χ0n) is 37.5. The number of unbranched alkanes of at least 4 members (excludes halogenated alkanes) is 1.